The number of aryl methyl sites for hydroxylation is 1. The van der Waals surface area contributed by atoms with E-state index in [9.17, 15) is 9.59 Å². The molecule has 0 bridgehead atoms. The number of nitrogens with zero attached hydrogens (tertiary/aromatic N) is 6. The predicted octanol–water partition coefficient (Wildman–Crippen LogP) is 0.293. The zero-order valence-corrected chi connectivity index (χ0v) is 17.1. The number of guanidine groups is 1. The van der Waals surface area contributed by atoms with Gasteiger partial charge in [-0.05, 0) is 18.8 Å². The Balaban J connectivity index is 1.46. The van der Waals surface area contributed by atoms with Crippen molar-refractivity contribution >= 4 is 23.5 Å². The van der Waals surface area contributed by atoms with Crippen LogP contribution in [0.25, 0.3) is 0 Å². The van der Waals surface area contributed by atoms with Crippen molar-refractivity contribution < 1.29 is 9.59 Å². The number of aliphatic imine (C=N–C) groups is 1. The summed E-state index contributed by atoms with van der Waals surface area (Å²) >= 11 is 0. The fourth-order valence-corrected chi connectivity index (χ4v) is 3.86. The zero-order chi connectivity index (χ0) is 20.1. The third-order valence-electron chi connectivity index (χ3n) is 5.37. The smallest absolute Gasteiger partial charge is 0.246 e. The van der Waals surface area contributed by atoms with Crippen LogP contribution in [0.3, 0.4) is 0 Å². The molecule has 1 unspecified atom stereocenters. The molecule has 9 nitrogen and oxygen atoms in total. The van der Waals surface area contributed by atoms with Crippen LogP contribution in [-0.2, 0) is 16.6 Å². The number of aromatic nitrogens is 2. The minimum absolute atomic E-state index is 0.0144. The lowest BCUT2D eigenvalue weighted by atomic mass is 10.00. The van der Waals surface area contributed by atoms with E-state index in [2.05, 4.69) is 22.3 Å². The molecule has 1 aromatic rings. The highest BCUT2D eigenvalue weighted by Crippen LogP contribution is 2.17. The van der Waals surface area contributed by atoms with E-state index in [1.807, 2.05) is 23.0 Å². The first kappa shape index (κ1) is 20.2. The van der Waals surface area contributed by atoms with Gasteiger partial charge in [0.05, 0.1) is 11.9 Å². The van der Waals surface area contributed by atoms with Crippen molar-refractivity contribution in [2.75, 3.05) is 51.2 Å². The Hall–Kier alpha value is -2.58. The average molecular weight is 390 g/mol. The SMILES string of the molecule is CN=C(NCCC(=O)N1CCCC(C)C1)N1CCN(c2cnn(C)c2)C(=O)C1. The van der Waals surface area contributed by atoms with Crippen LogP contribution in [0.15, 0.2) is 17.4 Å². The van der Waals surface area contributed by atoms with Crippen LogP contribution < -0.4 is 10.2 Å². The van der Waals surface area contributed by atoms with Crippen LogP contribution in [0, 0.1) is 5.92 Å². The summed E-state index contributed by atoms with van der Waals surface area (Å²) in [6.07, 6.45) is 6.27. The largest absolute Gasteiger partial charge is 0.356 e. The Labute approximate surface area is 166 Å². The van der Waals surface area contributed by atoms with Crippen molar-refractivity contribution in [2.24, 2.45) is 18.0 Å². The number of piperazine rings is 1. The van der Waals surface area contributed by atoms with Gasteiger partial charge in [0.15, 0.2) is 5.96 Å². The molecule has 2 aliphatic rings. The first-order valence-corrected chi connectivity index (χ1v) is 10.0. The molecule has 3 rings (SSSR count). The summed E-state index contributed by atoms with van der Waals surface area (Å²) in [5.74, 6) is 1.45. The maximum Gasteiger partial charge on any atom is 0.246 e. The lowest BCUT2D eigenvalue weighted by molar-refractivity contribution is -0.132. The molecule has 2 saturated heterocycles. The molecule has 1 N–H and O–H groups in total. The number of carbonyl (C=O) groups excluding carboxylic acids is 2. The van der Waals surface area contributed by atoms with Crippen molar-refractivity contribution in [3.63, 3.8) is 0 Å². The second-order valence-corrected chi connectivity index (χ2v) is 7.65. The first-order chi connectivity index (χ1) is 13.5. The summed E-state index contributed by atoms with van der Waals surface area (Å²) in [5, 5.41) is 7.37. The van der Waals surface area contributed by atoms with Crippen LogP contribution in [0.1, 0.15) is 26.2 Å². The molecule has 0 aromatic carbocycles. The number of nitrogens with one attached hydrogen (secondary N) is 1. The van der Waals surface area contributed by atoms with Crippen LogP contribution >= 0.6 is 0 Å². The lowest BCUT2D eigenvalue weighted by Crippen LogP contribution is -2.55. The molecule has 2 fully saturated rings. The van der Waals surface area contributed by atoms with Crippen molar-refractivity contribution in [1.29, 1.82) is 0 Å². The predicted molar refractivity (Wildman–Crippen MR) is 108 cm³/mol. The summed E-state index contributed by atoms with van der Waals surface area (Å²) in [7, 11) is 3.54. The number of likely N-dealkylation sites (tertiary alicyclic amines) is 1. The van der Waals surface area contributed by atoms with Gasteiger partial charge >= 0.3 is 0 Å². The minimum Gasteiger partial charge on any atom is -0.356 e. The molecule has 0 saturated carbocycles. The maximum absolute atomic E-state index is 12.6. The quantitative estimate of drug-likeness (QED) is 0.591. The van der Waals surface area contributed by atoms with Crippen LogP contribution in [0.5, 0.6) is 0 Å². The number of hydrogen-bond acceptors (Lipinski definition) is 4. The van der Waals surface area contributed by atoms with Gasteiger partial charge in [-0.2, -0.15) is 5.10 Å². The number of amides is 2. The number of anilines is 1. The molecule has 28 heavy (non-hydrogen) atoms. The van der Waals surface area contributed by atoms with Crippen molar-refractivity contribution in [1.82, 2.24) is 24.9 Å². The van der Waals surface area contributed by atoms with Crippen LogP contribution in [0.4, 0.5) is 5.69 Å². The third-order valence-corrected chi connectivity index (χ3v) is 5.37. The third kappa shape index (κ3) is 4.82. The minimum atomic E-state index is 0.0144. The van der Waals surface area contributed by atoms with Gasteiger partial charge in [0.2, 0.25) is 11.8 Å². The average Bonchev–Trinajstić information content (AvgIpc) is 3.11. The topological polar surface area (TPSA) is 86.1 Å². The van der Waals surface area contributed by atoms with E-state index >= 15 is 0 Å². The number of carbonyl (C=O) groups is 2. The normalized spacial score (nSPS) is 21.2. The van der Waals surface area contributed by atoms with Gasteiger partial charge in [0.1, 0.15) is 6.54 Å². The second kappa shape index (κ2) is 9.07. The van der Waals surface area contributed by atoms with Gasteiger partial charge in [-0.3, -0.25) is 19.3 Å². The molecule has 3 heterocycles. The molecule has 1 atom stereocenters. The Morgan fingerprint density at radius 1 is 1.32 bits per heavy atom. The van der Waals surface area contributed by atoms with Gasteiger partial charge < -0.3 is 20.0 Å². The number of rotatable bonds is 4. The highest BCUT2D eigenvalue weighted by molar-refractivity contribution is 5.98. The van der Waals surface area contributed by atoms with E-state index in [0.29, 0.717) is 37.9 Å². The summed E-state index contributed by atoms with van der Waals surface area (Å²) in [6.45, 7) is 5.95. The van der Waals surface area contributed by atoms with Crippen molar-refractivity contribution in [3.05, 3.63) is 12.4 Å². The van der Waals surface area contributed by atoms with E-state index in [-0.39, 0.29) is 18.4 Å². The summed E-state index contributed by atoms with van der Waals surface area (Å²) in [5.41, 5.74) is 0.816. The fraction of sp³-hybridized carbons (Fsp3) is 0.684. The number of hydrogen-bond donors (Lipinski definition) is 1. The van der Waals surface area contributed by atoms with E-state index < -0.39 is 0 Å². The molecule has 2 amide bonds. The molecule has 0 spiro atoms. The zero-order valence-electron chi connectivity index (χ0n) is 17.1. The highest BCUT2D eigenvalue weighted by atomic mass is 16.2. The van der Waals surface area contributed by atoms with Crippen LogP contribution in [-0.4, -0.2) is 83.7 Å². The van der Waals surface area contributed by atoms with Crippen molar-refractivity contribution in [3.8, 4) is 0 Å². The van der Waals surface area contributed by atoms with Gasteiger partial charge in [0.25, 0.3) is 0 Å². The Kier molecular flexibility index (Phi) is 6.53. The molecule has 0 aliphatic carbocycles. The Morgan fingerprint density at radius 3 is 2.79 bits per heavy atom. The highest BCUT2D eigenvalue weighted by Gasteiger charge is 2.28. The second-order valence-electron chi connectivity index (χ2n) is 7.65. The standard InChI is InChI=1S/C19H31N7O2/c1-15-5-4-8-24(12-15)17(27)6-7-21-19(20-2)25-9-10-26(18(28)14-25)16-11-22-23(3)13-16/h11,13,15H,4-10,12,14H2,1-3H3,(H,20,21). The summed E-state index contributed by atoms with van der Waals surface area (Å²) in [4.78, 5) is 34.9. The van der Waals surface area contributed by atoms with Gasteiger partial charge in [0, 0.05) is 59.4 Å². The molecular formula is C19H31N7O2. The fourth-order valence-electron chi connectivity index (χ4n) is 3.86. The monoisotopic (exact) mass is 389 g/mol. The maximum atomic E-state index is 12.6. The van der Waals surface area contributed by atoms with E-state index in [1.165, 1.54) is 6.42 Å². The van der Waals surface area contributed by atoms with Gasteiger partial charge in [-0.25, -0.2) is 0 Å². The number of piperidine rings is 1. The molecule has 1 aromatic heterocycles. The van der Waals surface area contributed by atoms with Gasteiger partial charge in [-0.1, -0.05) is 6.92 Å². The first-order valence-electron chi connectivity index (χ1n) is 10.0. The van der Waals surface area contributed by atoms with E-state index in [1.54, 1.807) is 22.8 Å². The summed E-state index contributed by atoms with van der Waals surface area (Å²) < 4.78 is 1.69. The van der Waals surface area contributed by atoms with Gasteiger partial charge in [-0.15, -0.1) is 0 Å². The molecule has 9 heteroatoms. The van der Waals surface area contributed by atoms with E-state index in [0.717, 1.165) is 25.2 Å². The molecular weight excluding hydrogens is 358 g/mol. The van der Waals surface area contributed by atoms with E-state index in [4.69, 9.17) is 0 Å². The Morgan fingerprint density at radius 2 is 2.14 bits per heavy atom. The summed E-state index contributed by atoms with van der Waals surface area (Å²) in [6, 6.07) is 0. The molecule has 154 valence electrons. The lowest BCUT2D eigenvalue weighted by Gasteiger charge is -2.35. The molecule has 0 radical (unpaired) electrons. The van der Waals surface area contributed by atoms with Crippen molar-refractivity contribution in [2.45, 2.75) is 26.2 Å². The molecule has 2 aliphatic heterocycles. The van der Waals surface area contributed by atoms with Crippen LogP contribution in [0.2, 0.25) is 0 Å². The Bertz CT molecular complexity index is 730.